The molecule has 2 heterocycles. The van der Waals surface area contributed by atoms with E-state index in [4.69, 9.17) is 47.4 Å². The molecule has 0 spiro atoms. The molecule has 1 N–H and O–H groups in total. The smallest absolute Gasteiger partial charge is 0.306 e. The number of carbonyl (C=O) groups is 4. The number of aliphatic hydroxyl groups excluding tert-OH is 1. The highest BCUT2D eigenvalue weighted by Crippen LogP contribution is 2.36. The molecule has 112 heavy (non-hydrogen) atoms. The number of rotatable bonds is 73. The molecule has 2 aliphatic rings. The first-order valence-corrected chi connectivity index (χ1v) is 46.4. The predicted molar refractivity (Wildman–Crippen MR) is 452 cm³/mol. The monoisotopic (exact) mass is 1570 g/mol. The van der Waals surface area contributed by atoms with Gasteiger partial charge in [-0.15, -0.1) is 0 Å². The summed E-state index contributed by atoms with van der Waals surface area (Å²) < 4.78 is 67.1. The molecule has 3 aromatic carbocycles. The summed E-state index contributed by atoms with van der Waals surface area (Å²) >= 11 is 0. The minimum absolute atomic E-state index is 0.0470. The molecule has 0 aromatic heterocycles. The SMILES string of the molecule is CCCCCCCCCCCCCCCC(=O)OC[C@H]1O[C@H](O[C@H]2O[C@H](COC(=O)CCCCCCCCCCCCCCC)[C@@H](OCc3ccccc3)[C@H](OCc3ccccc3)[C@H]2O)[C@H](OC(=O)CCCCCCCCCCCCCCC)[C@@H](OC(=O)CCCCCCCCCCCCCCC)[C@@H]1OCc1ccccc1. The van der Waals surface area contributed by atoms with Crippen molar-refractivity contribution < 1.29 is 71.7 Å². The van der Waals surface area contributed by atoms with Crippen molar-refractivity contribution >= 4 is 23.9 Å². The standard InChI is InChI=1S/C97H160O15/c1-5-9-13-17-21-25-29-33-37-41-45-49-62-72-86(98)103-79-84-91(105-76-81-66-56-53-57-67-81)93(107-78-83-70-60-55-61-71-83)90(102)96(108-84)112-97-95(111-89(101)75-65-52-48-44-40-36-32-28-24-20-16-12-8-4)94(110-88(100)74-64-51-47-43-39-35-31-27-23-19-15-11-7-3)92(106-77-82-68-58-54-59-69-82)85(109-97)80-104-87(99)73-63-50-46-42-38-34-30-26-22-18-14-10-6-2/h53-61,66-71,84-85,90-97,102H,5-52,62-65,72-80H2,1-4H3/t84-,85-,90-,91-,92-,93-,94+,95-,96-,97-/m1/s1. The second-order valence-electron chi connectivity index (χ2n) is 32.7. The molecule has 15 heteroatoms. The maximum absolute atomic E-state index is 14.8. The van der Waals surface area contributed by atoms with Crippen LogP contribution in [0.1, 0.15) is 404 Å². The quantitative estimate of drug-likeness (QED) is 0.0320. The average Bonchev–Trinajstić information content (AvgIpc) is 0.772. The lowest BCUT2D eigenvalue weighted by molar-refractivity contribution is -0.384. The van der Waals surface area contributed by atoms with Crippen molar-refractivity contribution in [3.8, 4) is 0 Å². The van der Waals surface area contributed by atoms with Gasteiger partial charge in [0.2, 0.25) is 6.29 Å². The third-order valence-corrected chi connectivity index (χ3v) is 22.6. The minimum atomic E-state index is -1.62. The van der Waals surface area contributed by atoms with Crippen LogP contribution in [0.4, 0.5) is 0 Å². The van der Waals surface area contributed by atoms with E-state index < -0.39 is 79.3 Å². The fourth-order valence-corrected chi connectivity index (χ4v) is 15.6. The van der Waals surface area contributed by atoms with E-state index in [1.807, 2.05) is 91.0 Å². The molecule has 2 fully saturated rings. The van der Waals surface area contributed by atoms with Crippen molar-refractivity contribution in [1.29, 1.82) is 0 Å². The van der Waals surface area contributed by atoms with Crippen molar-refractivity contribution in [1.82, 2.24) is 0 Å². The first-order chi connectivity index (χ1) is 55.1. The summed E-state index contributed by atoms with van der Waals surface area (Å²) in [5, 5.41) is 13.0. The van der Waals surface area contributed by atoms with Gasteiger partial charge in [0.1, 0.15) is 49.8 Å². The lowest BCUT2D eigenvalue weighted by atomic mass is 9.96. The fraction of sp³-hybridized carbons (Fsp3) is 0.773. The van der Waals surface area contributed by atoms with E-state index in [0.717, 1.165) is 107 Å². The Hall–Kier alpha value is -4.74. The number of ether oxygens (including phenoxy) is 10. The summed E-state index contributed by atoms with van der Waals surface area (Å²) in [5.74, 6) is -1.86. The van der Waals surface area contributed by atoms with Gasteiger partial charge in [0.15, 0.2) is 18.5 Å². The van der Waals surface area contributed by atoms with E-state index in [9.17, 15) is 24.3 Å². The zero-order valence-corrected chi connectivity index (χ0v) is 71.2. The maximum atomic E-state index is 14.8. The van der Waals surface area contributed by atoms with Crippen LogP contribution in [-0.2, 0) is 86.4 Å². The first kappa shape index (κ1) is 97.8. The highest BCUT2D eigenvalue weighted by molar-refractivity contribution is 5.71. The largest absolute Gasteiger partial charge is 0.463 e. The zero-order valence-electron chi connectivity index (χ0n) is 71.2. The number of unbranched alkanes of at least 4 members (excludes halogenated alkanes) is 48. The number of carbonyl (C=O) groups excluding carboxylic acids is 4. The van der Waals surface area contributed by atoms with Gasteiger partial charge in [0.05, 0.1) is 19.8 Å². The Kier molecular flexibility index (Phi) is 58.8. The van der Waals surface area contributed by atoms with Crippen LogP contribution < -0.4 is 0 Å². The van der Waals surface area contributed by atoms with Crippen LogP contribution in [0.2, 0.25) is 0 Å². The number of hydrogen-bond acceptors (Lipinski definition) is 15. The molecule has 0 unspecified atom stereocenters. The number of hydrogen-bond donors (Lipinski definition) is 1. The molecule has 10 atom stereocenters. The van der Waals surface area contributed by atoms with Gasteiger partial charge in [0, 0.05) is 25.7 Å². The Morgan fingerprint density at radius 3 is 0.795 bits per heavy atom. The Morgan fingerprint density at radius 1 is 0.277 bits per heavy atom. The van der Waals surface area contributed by atoms with Gasteiger partial charge in [-0.05, 0) is 42.4 Å². The van der Waals surface area contributed by atoms with Crippen molar-refractivity contribution in [2.45, 2.75) is 468 Å². The number of esters is 4. The van der Waals surface area contributed by atoms with Crippen LogP contribution in [-0.4, -0.2) is 104 Å². The topological polar surface area (TPSA) is 181 Å². The van der Waals surface area contributed by atoms with Crippen LogP contribution in [0, 0.1) is 0 Å². The fourth-order valence-electron chi connectivity index (χ4n) is 15.6. The van der Waals surface area contributed by atoms with Crippen LogP contribution in [0.3, 0.4) is 0 Å². The summed E-state index contributed by atoms with van der Waals surface area (Å²) in [6.45, 7) is 8.65. The Balaban J connectivity index is 1.44. The Morgan fingerprint density at radius 2 is 0.509 bits per heavy atom. The van der Waals surface area contributed by atoms with E-state index in [-0.39, 0.29) is 64.7 Å². The van der Waals surface area contributed by atoms with Crippen LogP contribution in [0.15, 0.2) is 91.0 Å². The maximum Gasteiger partial charge on any atom is 0.306 e. The summed E-state index contributed by atoms with van der Waals surface area (Å²) in [7, 11) is 0. The van der Waals surface area contributed by atoms with Crippen LogP contribution in [0.5, 0.6) is 0 Å². The second kappa shape index (κ2) is 67.3. The molecular weight excluding hydrogens is 1410 g/mol. The van der Waals surface area contributed by atoms with Gasteiger partial charge in [-0.2, -0.15) is 0 Å². The lowest BCUT2D eigenvalue weighted by Crippen LogP contribution is -2.66. The van der Waals surface area contributed by atoms with Crippen LogP contribution in [0.25, 0.3) is 0 Å². The Labute approximate surface area is 681 Å². The van der Waals surface area contributed by atoms with E-state index in [1.165, 1.54) is 218 Å². The van der Waals surface area contributed by atoms with Crippen molar-refractivity contribution in [3.05, 3.63) is 108 Å². The molecule has 0 aliphatic carbocycles. The van der Waals surface area contributed by atoms with Gasteiger partial charge in [0.25, 0.3) is 0 Å². The van der Waals surface area contributed by atoms with E-state index >= 15 is 0 Å². The lowest BCUT2D eigenvalue weighted by Gasteiger charge is -2.48. The van der Waals surface area contributed by atoms with Gasteiger partial charge in [-0.25, -0.2) is 0 Å². The average molecular weight is 1570 g/mol. The van der Waals surface area contributed by atoms with Gasteiger partial charge >= 0.3 is 23.9 Å². The predicted octanol–water partition coefficient (Wildman–Crippen LogP) is 25.4. The third-order valence-electron chi connectivity index (χ3n) is 22.6. The molecule has 638 valence electrons. The minimum Gasteiger partial charge on any atom is -0.463 e. The Bertz CT molecular complexity index is 2680. The summed E-state index contributed by atoms with van der Waals surface area (Å²) in [6, 6.07) is 29.0. The van der Waals surface area contributed by atoms with E-state index in [1.54, 1.807) is 0 Å². The van der Waals surface area contributed by atoms with Gasteiger partial charge in [-0.1, -0.05) is 427 Å². The number of benzene rings is 3. The highest BCUT2D eigenvalue weighted by Gasteiger charge is 2.56. The van der Waals surface area contributed by atoms with Crippen LogP contribution >= 0.6 is 0 Å². The molecule has 3 aromatic rings. The van der Waals surface area contributed by atoms with E-state index in [0.29, 0.717) is 25.7 Å². The second-order valence-corrected chi connectivity index (χ2v) is 32.7. The van der Waals surface area contributed by atoms with Crippen molar-refractivity contribution in [2.75, 3.05) is 13.2 Å². The zero-order chi connectivity index (χ0) is 79.6. The van der Waals surface area contributed by atoms with Gasteiger partial charge < -0.3 is 52.5 Å². The summed E-state index contributed by atoms with van der Waals surface area (Å²) in [6.07, 6.45) is 47.7. The summed E-state index contributed by atoms with van der Waals surface area (Å²) in [4.78, 5) is 57.5. The summed E-state index contributed by atoms with van der Waals surface area (Å²) in [5.41, 5.74) is 2.53. The highest BCUT2D eigenvalue weighted by atomic mass is 16.8. The molecule has 2 saturated heterocycles. The molecular formula is C97H160O15. The molecule has 15 nitrogen and oxygen atoms in total. The van der Waals surface area contributed by atoms with Gasteiger partial charge in [-0.3, -0.25) is 19.2 Å². The van der Waals surface area contributed by atoms with E-state index in [2.05, 4.69) is 27.7 Å². The number of aliphatic hydroxyl groups is 1. The molecule has 0 amide bonds. The molecule has 5 rings (SSSR count). The third kappa shape index (κ3) is 46.9. The molecule has 0 saturated carbocycles. The van der Waals surface area contributed by atoms with Crippen molar-refractivity contribution in [2.24, 2.45) is 0 Å². The normalized spacial score (nSPS) is 19.7. The molecule has 0 radical (unpaired) electrons. The molecule has 2 aliphatic heterocycles. The first-order valence-electron chi connectivity index (χ1n) is 46.4. The molecule has 0 bridgehead atoms. The van der Waals surface area contributed by atoms with Crippen molar-refractivity contribution in [3.63, 3.8) is 0 Å².